The van der Waals surface area contributed by atoms with Crippen molar-refractivity contribution >= 4 is 29.8 Å². The third-order valence-electron chi connectivity index (χ3n) is 8.48. The second-order valence-corrected chi connectivity index (χ2v) is 12.1. The van der Waals surface area contributed by atoms with Crippen molar-refractivity contribution in [2.75, 3.05) is 47.6 Å². The molecule has 2 bridgehead atoms. The zero-order chi connectivity index (χ0) is 35.5. The Bertz CT molecular complexity index is 1410. The number of carbonyl (C=O) groups is 4. The van der Waals surface area contributed by atoms with Crippen LogP contribution in [0, 0.1) is 11.8 Å². The molecule has 1 saturated heterocycles. The van der Waals surface area contributed by atoms with Gasteiger partial charge < -0.3 is 39.8 Å². The van der Waals surface area contributed by atoms with Gasteiger partial charge in [-0.2, -0.15) is 5.10 Å². The molecule has 14 nitrogen and oxygen atoms in total. The minimum absolute atomic E-state index is 0.0933. The van der Waals surface area contributed by atoms with Crippen molar-refractivity contribution in [1.82, 2.24) is 10.3 Å². The minimum atomic E-state index is -1.01. The van der Waals surface area contributed by atoms with Gasteiger partial charge in [-0.3, -0.25) is 19.4 Å². The zero-order valence-corrected chi connectivity index (χ0v) is 28.7. The van der Waals surface area contributed by atoms with Crippen LogP contribution in [0.5, 0.6) is 0 Å². The lowest BCUT2D eigenvalue weighted by Gasteiger charge is -2.30. The molecular formula is C34H48N4O10. The number of aliphatic hydroxyl groups excluding tert-OH is 1. The van der Waals surface area contributed by atoms with Crippen LogP contribution in [0.1, 0.15) is 40.5 Å². The molecule has 0 aromatic carbocycles. The van der Waals surface area contributed by atoms with Crippen LogP contribution in [0.15, 0.2) is 63.2 Å². The Hall–Kier alpha value is -4.11. The van der Waals surface area contributed by atoms with E-state index in [9.17, 15) is 24.3 Å². The maximum absolute atomic E-state index is 14.1. The standard InChI is InChI=1S/C34H48N4O10/c1-19-15-23-29(40)27(24(30(41)32(23)46-7)18-36-38-11-13-47-14-12-38)37-33(42)20(2)9-8-10-25(44-5)31(48-34(35)43)22(4)17-21(3)28(39)26(16-19)45-6/h8-10,17-19,21,25-26,28,31,39H,11-16H2,1-7H3,(H2,35,43)(H,37,42)/b10-8+,20-9-,22-17+,36-18+/t19-,21+,25+,26-,28+,31-/m0/s1. The number of nitrogens with zero attached hydrogens (tertiary/aromatic N) is 2. The van der Waals surface area contributed by atoms with E-state index in [2.05, 4.69) is 10.4 Å². The molecule has 2 aliphatic heterocycles. The number of hydrogen-bond acceptors (Lipinski definition) is 12. The number of allylic oxidation sites excluding steroid dienone is 4. The van der Waals surface area contributed by atoms with Gasteiger partial charge in [0.1, 0.15) is 11.8 Å². The van der Waals surface area contributed by atoms with Crippen LogP contribution in [-0.4, -0.2) is 112 Å². The van der Waals surface area contributed by atoms with Crippen LogP contribution in [-0.2, 0) is 38.1 Å². The fourth-order valence-corrected chi connectivity index (χ4v) is 5.80. The lowest BCUT2D eigenvalue weighted by molar-refractivity contribution is -0.121. The molecule has 3 rings (SSSR count). The second kappa shape index (κ2) is 17.9. The van der Waals surface area contributed by atoms with Gasteiger partial charge in [0.25, 0.3) is 5.91 Å². The topological polar surface area (TPSA) is 188 Å². The Balaban J connectivity index is 2.15. The van der Waals surface area contributed by atoms with Crippen molar-refractivity contribution in [2.24, 2.45) is 22.7 Å². The third-order valence-corrected chi connectivity index (χ3v) is 8.48. The molecule has 3 aliphatic rings. The van der Waals surface area contributed by atoms with Crippen LogP contribution in [0.4, 0.5) is 4.79 Å². The molecular weight excluding hydrogens is 624 g/mol. The Morgan fingerprint density at radius 3 is 2.40 bits per heavy atom. The van der Waals surface area contributed by atoms with Gasteiger partial charge in [-0.1, -0.05) is 38.2 Å². The number of morpholine rings is 1. The summed E-state index contributed by atoms with van der Waals surface area (Å²) in [5.41, 5.74) is 5.91. The van der Waals surface area contributed by atoms with Gasteiger partial charge in [-0.25, -0.2) is 4.79 Å². The summed E-state index contributed by atoms with van der Waals surface area (Å²) in [5.74, 6) is -2.70. The van der Waals surface area contributed by atoms with Crippen molar-refractivity contribution in [3.8, 4) is 0 Å². The highest BCUT2D eigenvalue weighted by atomic mass is 16.6. The van der Waals surface area contributed by atoms with Crippen LogP contribution < -0.4 is 11.1 Å². The summed E-state index contributed by atoms with van der Waals surface area (Å²) in [4.78, 5) is 53.2. The number of nitrogens with one attached hydrogen (secondary N) is 1. The Kier molecular flexibility index (Phi) is 14.3. The number of Topliss-reactive ketones (excluding diaryl/α,β-unsaturated/α-hetero) is 2. The number of ketones is 2. The molecule has 0 aromatic rings. The highest BCUT2D eigenvalue weighted by Crippen LogP contribution is 2.31. The van der Waals surface area contributed by atoms with E-state index in [0.717, 1.165) is 0 Å². The molecule has 0 saturated carbocycles. The molecule has 264 valence electrons. The molecule has 0 aromatic heterocycles. The van der Waals surface area contributed by atoms with E-state index in [1.165, 1.54) is 40.5 Å². The van der Waals surface area contributed by atoms with Crippen molar-refractivity contribution in [3.63, 3.8) is 0 Å². The molecule has 14 heteroatoms. The SMILES string of the molecule is COC1=C2C[C@H](C)C[C@H](OC)[C@H](O)[C@H](C)/C=C(\C)[C@H](OC(N)=O)[C@H](OC)/C=C/C=C(/C)C(=O)NC(=C(/C=N/N3CCOCC3)C1=O)C2=O. The fraction of sp³-hybridized carbons (Fsp3) is 0.559. The number of methoxy groups -OCH3 is 3. The van der Waals surface area contributed by atoms with E-state index in [0.29, 0.717) is 38.3 Å². The predicted octanol–water partition coefficient (Wildman–Crippen LogP) is 2.10. The summed E-state index contributed by atoms with van der Waals surface area (Å²) in [6, 6.07) is 0. The minimum Gasteiger partial charge on any atom is -0.492 e. The zero-order valence-electron chi connectivity index (χ0n) is 28.7. The smallest absolute Gasteiger partial charge is 0.405 e. The summed E-state index contributed by atoms with van der Waals surface area (Å²) in [5, 5.41) is 20.1. The molecule has 6 atom stereocenters. The maximum atomic E-state index is 14.1. The van der Waals surface area contributed by atoms with Crippen LogP contribution >= 0.6 is 0 Å². The van der Waals surface area contributed by atoms with Crippen LogP contribution in [0.2, 0.25) is 0 Å². The summed E-state index contributed by atoms with van der Waals surface area (Å²) < 4.78 is 27.5. The number of rotatable bonds is 6. The molecule has 1 fully saturated rings. The Labute approximate surface area is 281 Å². The van der Waals surface area contributed by atoms with Gasteiger partial charge in [0.15, 0.2) is 11.9 Å². The average molecular weight is 673 g/mol. The van der Waals surface area contributed by atoms with E-state index in [4.69, 9.17) is 29.4 Å². The van der Waals surface area contributed by atoms with E-state index in [1.807, 2.05) is 6.92 Å². The van der Waals surface area contributed by atoms with E-state index < -0.39 is 53.9 Å². The van der Waals surface area contributed by atoms with Crippen molar-refractivity contribution < 1.29 is 48.0 Å². The average Bonchev–Trinajstić information content (AvgIpc) is 3.06. The molecule has 2 heterocycles. The summed E-state index contributed by atoms with van der Waals surface area (Å²) in [6.45, 7) is 8.82. The molecule has 2 amide bonds. The van der Waals surface area contributed by atoms with Crippen molar-refractivity contribution in [3.05, 3.63) is 58.1 Å². The lowest BCUT2D eigenvalue weighted by Crippen LogP contribution is -2.38. The number of nitrogens with two attached hydrogens (primary N) is 1. The Morgan fingerprint density at radius 1 is 1.10 bits per heavy atom. The first kappa shape index (κ1) is 38.3. The van der Waals surface area contributed by atoms with E-state index >= 15 is 0 Å². The first-order chi connectivity index (χ1) is 22.8. The third kappa shape index (κ3) is 9.72. The maximum Gasteiger partial charge on any atom is 0.405 e. The number of hydrogen-bond donors (Lipinski definition) is 3. The largest absolute Gasteiger partial charge is 0.492 e. The highest BCUT2D eigenvalue weighted by Gasteiger charge is 2.38. The number of carbonyl (C=O) groups excluding carboxylic acids is 4. The molecule has 4 N–H and O–H groups in total. The van der Waals surface area contributed by atoms with Crippen LogP contribution in [0.3, 0.4) is 0 Å². The summed E-state index contributed by atoms with van der Waals surface area (Å²) >= 11 is 0. The first-order valence-corrected chi connectivity index (χ1v) is 15.8. The molecule has 0 radical (unpaired) electrons. The lowest BCUT2D eigenvalue weighted by atomic mass is 9.84. The van der Waals surface area contributed by atoms with E-state index in [1.54, 1.807) is 37.1 Å². The van der Waals surface area contributed by atoms with Gasteiger partial charge in [0.2, 0.25) is 11.6 Å². The van der Waals surface area contributed by atoms with Gasteiger partial charge in [-0.05, 0) is 38.2 Å². The van der Waals surface area contributed by atoms with Crippen LogP contribution in [0.25, 0.3) is 0 Å². The number of amides is 2. The van der Waals surface area contributed by atoms with Gasteiger partial charge >= 0.3 is 6.09 Å². The van der Waals surface area contributed by atoms with Gasteiger partial charge in [0, 0.05) is 31.3 Å². The van der Waals surface area contributed by atoms with Crippen molar-refractivity contribution in [2.45, 2.75) is 65.0 Å². The molecule has 0 unspecified atom stereocenters. The number of fused-ring (bicyclic) bond motifs is 2. The normalized spacial score (nSPS) is 31.6. The monoisotopic (exact) mass is 672 g/mol. The van der Waals surface area contributed by atoms with Crippen molar-refractivity contribution in [1.29, 1.82) is 0 Å². The summed E-state index contributed by atoms with van der Waals surface area (Å²) in [7, 11) is 4.22. The van der Waals surface area contributed by atoms with Gasteiger partial charge in [-0.15, -0.1) is 0 Å². The fourth-order valence-electron chi connectivity index (χ4n) is 5.80. The van der Waals surface area contributed by atoms with E-state index in [-0.39, 0.29) is 40.5 Å². The highest BCUT2D eigenvalue weighted by molar-refractivity contribution is 6.32. The first-order valence-electron chi connectivity index (χ1n) is 15.8. The predicted molar refractivity (Wildman–Crippen MR) is 176 cm³/mol. The number of ether oxygens (including phenoxy) is 5. The quantitative estimate of drug-likeness (QED) is 0.213. The number of primary amides is 1. The molecule has 0 spiro atoms. The second-order valence-electron chi connectivity index (χ2n) is 12.1. The number of hydrazone groups is 1. The number of aliphatic hydroxyl groups is 1. The van der Waals surface area contributed by atoms with Gasteiger partial charge in [0.05, 0.1) is 57.4 Å². The molecule has 48 heavy (non-hydrogen) atoms. The summed E-state index contributed by atoms with van der Waals surface area (Å²) in [6.07, 6.45) is 3.60. The molecule has 1 aliphatic carbocycles. The Morgan fingerprint density at radius 2 is 1.79 bits per heavy atom.